The Bertz CT molecular complexity index is 337. The monoisotopic (exact) mass is 263 g/mol. The molecule has 2 aliphatic rings. The summed E-state index contributed by atoms with van der Waals surface area (Å²) in [5.74, 6) is 0.138. The maximum absolute atomic E-state index is 12.3. The number of ether oxygens (including phenoxy) is 2. The Balaban J connectivity index is 2.01. The van der Waals surface area contributed by atoms with Crippen LogP contribution in [0.25, 0.3) is 0 Å². The molecule has 2 rings (SSSR count). The van der Waals surface area contributed by atoms with E-state index in [0.717, 1.165) is 19.3 Å². The van der Waals surface area contributed by atoms with Crippen LogP contribution in [0.2, 0.25) is 0 Å². The molecule has 0 aromatic carbocycles. The standard InChI is InChI=1S/C11H21NO4S/c1-12-10-4-6-15-7-11(10)17(13,14)8-9-3-2-5-16-9/h9-12H,2-8H2,1H3. The topological polar surface area (TPSA) is 64.6 Å². The first-order valence-electron chi connectivity index (χ1n) is 6.21. The van der Waals surface area contributed by atoms with Crippen molar-refractivity contribution >= 4 is 9.84 Å². The maximum atomic E-state index is 12.3. The van der Waals surface area contributed by atoms with Gasteiger partial charge in [0.15, 0.2) is 9.84 Å². The maximum Gasteiger partial charge on any atom is 0.159 e. The van der Waals surface area contributed by atoms with Crippen LogP contribution in [0.4, 0.5) is 0 Å². The van der Waals surface area contributed by atoms with Gasteiger partial charge in [0.05, 0.1) is 18.5 Å². The highest BCUT2D eigenvalue weighted by molar-refractivity contribution is 7.92. The van der Waals surface area contributed by atoms with Crippen molar-refractivity contribution in [3.05, 3.63) is 0 Å². The zero-order valence-electron chi connectivity index (χ0n) is 10.2. The van der Waals surface area contributed by atoms with Crippen molar-refractivity contribution in [3.8, 4) is 0 Å². The third-order valence-electron chi connectivity index (χ3n) is 3.58. The van der Waals surface area contributed by atoms with Gasteiger partial charge in [-0.05, 0) is 26.3 Å². The Kier molecular flexibility index (Phi) is 4.41. The van der Waals surface area contributed by atoms with Crippen LogP contribution in [0.15, 0.2) is 0 Å². The minimum atomic E-state index is -3.14. The fraction of sp³-hybridized carbons (Fsp3) is 1.00. The molecule has 3 atom stereocenters. The summed E-state index contributed by atoms with van der Waals surface area (Å²) in [6.45, 7) is 1.63. The van der Waals surface area contributed by atoms with Gasteiger partial charge in [0.25, 0.3) is 0 Å². The van der Waals surface area contributed by atoms with E-state index in [4.69, 9.17) is 9.47 Å². The molecule has 2 aliphatic heterocycles. The number of hydrogen-bond donors (Lipinski definition) is 1. The molecule has 6 heteroatoms. The average molecular weight is 263 g/mol. The highest BCUT2D eigenvalue weighted by Gasteiger charge is 2.37. The summed E-state index contributed by atoms with van der Waals surface area (Å²) in [7, 11) is -1.33. The highest BCUT2D eigenvalue weighted by atomic mass is 32.2. The molecule has 0 bridgehead atoms. The first kappa shape index (κ1) is 13.3. The van der Waals surface area contributed by atoms with Crippen LogP contribution in [0.3, 0.4) is 0 Å². The Morgan fingerprint density at radius 2 is 2.12 bits per heavy atom. The van der Waals surface area contributed by atoms with Gasteiger partial charge in [-0.25, -0.2) is 8.42 Å². The van der Waals surface area contributed by atoms with Gasteiger partial charge >= 0.3 is 0 Å². The van der Waals surface area contributed by atoms with E-state index in [1.807, 2.05) is 7.05 Å². The summed E-state index contributed by atoms with van der Waals surface area (Å²) in [5.41, 5.74) is 0. The SMILES string of the molecule is CNC1CCOCC1S(=O)(=O)CC1CCCO1. The molecule has 5 nitrogen and oxygen atoms in total. The van der Waals surface area contributed by atoms with Gasteiger partial charge in [-0.3, -0.25) is 0 Å². The predicted octanol–water partition coefficient (Wildman–Crippen LogP) is -0.0429. The predicted molar refractivity (Wildman–Crippen MR) is 64.8 cm³/mol. The molecule has 2 saturated heterocycles. The molecule has 0 aromatic rings. The molecule has 2 heterocycles. The highest BCUT2D eigenvalue weighted by Crippen LogP contribution is 2.21. The van der Waals surface area contributed by atoms with Gasteiger partial charge in [-0.2, -0.15) is 0 Å². The molecular weight excluding hydrogens is 242 g/mol. The Labute approximate surface area is 103 Å². The van der Waals surface area contributed by atoms with Crippen molar-refractivity contribution < 1.29 is 17.9 Å². The summed E-state index contributed by atoms with van der Waals surface area (Å²) in [6, 6.07) is 0.00940. The Hall–Kier alpha value is -0.170. The lowest BCUT2D eigenvalue weighted by molar-refractivity contribution is 0.0816. The molecule has 0 radical (unpaired) electrons. The Morgan fingerprint density at radius 1 is 1.29 bits per heavy atom. The average Bonchev–Trinajstić information content (AvgIpc) is 2.81. The van der Waals surface area contributed by atoms with Crippen LogP contribution in [0.5, 0.6) is 0 Å². The van der Waals surface area contributed by atoms with E-state index in [-0.39, 0.29) is 17.9 Å². The summed E-state index contributed by atoms with van der Waals surface area (Å²) < 4.78 is 35.3. The third kappa shape index (κ3) is 3.19. The van der Waals surface area contributed by atoms with Gasteiger partial charge in [0, 0.05) is 19.3 Å². The van der Waals surface area contributed by atoms with Crippen molar-refractivity contribution in [1.82, 2.24) is 5.32 Å². The van der Waals surface area contributed by atoms with Gasteiger partial charge in [-0.15, -0.1) is 0 Å². The first-order valence-corrected chi connectivity index (χ1v) is 7.93. The van der Waals surface area contributed by atoms with E-state index in [9.17, 15) is 8.42 Å². The van der Waals surface area contributed by atoms with E-state index in [2.05, 4.69) is 5.32 Å². The van der Waals surface area contributed by atoms with E-state index in [1.165, 1.54) is 0 Å². The lowest BCUT2D eigenvalue weighted by Gasteiger charge is -2.31. The van der Waals surface area contributed by atoms with Gasteiger partial charge < -0.3 is 14.8 Å². The molecule has 17 heavy (non-hydrogen) atoms. The van der Waals surface area contributed by atoms with E-state index >= 15 is 0 Å². The molecule has 2 fully saturated rings. The van der Waals surface area contributed by atoms with E-state index in [0.29, 0.717) is 19.8 Å². The Morgan fingerprint density at radius 3 is 2.76 bits per heavy atom. The summed E-state index contributed by atoms with van der Waals surface area (Å²) >= 11 is 0. The minimum absolute atomic E-state index is 0.00940. The second kappa shape index (κ2) is 5.65. The van der Waals surface area contributed by atoms with Gasteiger partial charge in [0.2, 0.25) is 0 Å². The summed E-state index contributed by atoms with van der Waals surface area (Å²) in [4.78, 5) is 0. The van der Waals surface area contributed by atoms with Crippen LogP contribution >= 0.6 is 0 Å². The van der Waals surface area contributed by atoms with Crippen molar-refractivity contribution in [3.63, 3.8) is 0 Å². The molecule has 100 valence electrons. The van der Waals surface area contributed by atoms with E-state index in [1.54, 1.807) is 0 Å². The van der Waals surface area contributed by atoms with Gasteiger partial charge in [0.1, 0.15) is 5.25 Å². The zero-order chi connectivity index (χ0) is 12.3. The molecule has 3 unspecified atom stereocenters. The molecule has 0 aromatic heterocycles. The largest absolute Gasteiger partial charge is 0.380 e. The van der Waals surface area contributed by atoms with Crippen molar-refractivity contribution in [2.75, 3.05) is 32.6 Å². The van der Waals surface area contributed by atoms with Crippen molar-refractivity contribution in [1.29, 1.82) is 0 Å². The first-order chi connectivity index (χ1) is 8.13. The second-order valence-electron chi connectivity index (χ2n) is 4.76. The van der Waals surface area contributed by atoms with Crippen LogP contribution in [0.1, 0.15) is 19.3 Å². The van der Waals surface area contributed by atoms with Crippen molar-refractivity contribution in [2.24, 2.45) is 0 Å². The molecule has 0 amide bonds. The quantitative estimate of drug-likeness (QED) is 0.771. The molecular formula is C11H21NO4S. The number of hydrogen-bond acceptors (Lipinski definition) is 5. The van der Waals surface area contributed by atoms with Crippen LogP contribution in [-0.4, -0.2) is 58.4 Å². The lowest BCUT2D eigenvalue weighted by Crippen LogP contribution is -2.50. The molecule has 1 N–H and O–H groups in total. The minimum Gasteiger partial charge on any atom is -0.380 e. The fourth-order valence-corrected chi connectivity index (χ4v) is 4.66. The summed E-state index contributed by atoms with van der Waals surface area (Å²) in [5, 5.41) is 2.66. The molecule has 0 spiro atoms. The van der Waals surface area contributed by atoms with Crippen LogP contribution in [0, 0.1) is 0 Å². The smallest absolute Gasteiger partial charge is 0.159 e. The zero-order valence-corrected chi connectivity index (χ0v) is 11.0. The van der Waals surface area contributed by atoms with Gasteiger partial charge in [-0.1, -0.05) is 0 Å². The normalized spacial score (nSPS) is 35.0. The summed E-state index contributed by atoms with van der Waals surface area (Å²) in [6.07, 6.45) is 2.47. The molecule has 0 aliphatic carbocycles. The number of rotatable bonds is 4. The molecule has 0 saturated carbocycles. The van der Waals surface area contributed by atoms with Crippen molar-refractivity contribution in [2.45, 2.75) is 36.7 Å². The van der Waals surface area contributed by atoms with Crippen LogP contribution in [-0.2, 0) is 19.3 Å². The second-order valence-corrected chi connectivity index (χ2v) is 7.03. The van der Waals surface area contributed by atoms with Crippen LogP contribution < -0.4 is 5.32 Å². The van der Waals surface area contributed by atoms with E-state index < -0.39 is 15.1 Å². The number of nitrogens with one attached hydrogen (secondary N) is 1. The fourth-order valence-electron chi connectivity index (χ4n) is 2.55. The number of sulfone groups is 1. The third-order valence-corrected chi connectivity index (χ3v) is 5.80. The lowest BCUT2D eigenvalue weighted by atomic mass is 10.1.